The van der Waals surface area contributed by atoms with Crippen molar-refractivity contribution in [3.63, 3.8) is 0 Å². The quantitative estimate of drug-likeness (QED) is 0.531. The molecular formula is C11H14O2. The van der Waals surface area contributed by atoms with Crippen LogP contribution in [0.3, 0.4) is 0 Å². The van der Waals surface area contributed by atoms with Gasteiger partial charge in [0.05, 0.1) is 5.41 Å². The zero-order valence-corrected chi connectivity index (χ0v) is 7.77. The molecule has 2 spiro atoms. The van der Waals surface area contributed by atoms with Crippen molar-refractivity contribution in [2.75, 3.05) is 0 Å². The van der Waals surface area contributed by atoms with Crippen molar-refractivity contribution in [3.05, 3.63) is 0 Å². The van der Waals surface area contributed by atoms with Gasteiger partial charge < -0.3 is 0 Å². The Balaban J connectivity index is 1.99. The van der Waals surface area contributed by atoms with Gasteiger partial charge in [0.2, 0.25) is 0 Å². The Morgan fingerprint density at radius 2 is 1.54 bits per heavy atom. The molecule has 0 unspecified atom stereocenters. The Morgan fingerprint density at radius 1 is 0.923 bits per heavy atom. The van der Waals surface area contributed by atoms with Crippen LogP contribution in [0.2, 0.25) is 0 Å². The molecule has 0 saturated heterocycles. The van der Waals surface area contributed by atoms with E-state index >= 15 is 0 Å². The summed E-state index contributed by atoms with van der Waals surface area (Å²) in [5, 5.41) is 0. The minimum absolute atomic E-state index is 0.155. The molecule has 0 radical (unpaired) electrons. The fourth-order valence-electron chi connectivity index (χ4n) is 3.23. The van der Waals surface area contributed by atoms with Gasteiger partial charge in [-0.25, -0.2) is 0 Å². The van der Waals surface area contributed by atoms with Crippen LogP contribution in [0.25, 0.3) is 0 Å². The summed E-state index contributed by atoms with van der Waals surface area (Å²) in [6.07, 6.45) is 6.48. The van der Waals surface area contributed by atoms with Crippen molar-refractivity contribution in [1.82, 2.24) is 0 Å². The lowest BCUT2D eigenvalue weighted by atomic mass is 9.60. The maximum absolute atomic E-state index is 12.1. The Kier molecular flexibility index (Phi) is 1.21. The van der Waals surface area contributed by atoms with Gasteiger partial charge in [-0.2, -0.15) is 0 Å². The van der Waals surface area contributed by atoms with Gasteiger partial charge in [-0.05, 0) is 25.7 Å². The highest BCUT2D eigenvalue weighted by Crippen LogP contribution is 2.61. The van der Waals surface area contributed by atoms with Crippen LogP contribution in [0.4, 0.5) is 0 Å². The average Bonchev–Trinajstić information content (AvgIpc) is 2.16. The number of carbonyl (C=O) groups excluding carboxylic acids is 2. The normalized spacial score (nSPS) is 33.5. The van der Waals surface area contributed by atoms with E-state index < -0.39 is 5.41 Å². The van der Waals surface area contributed by atoms with Crippen LogP contribution >= 0.6 is 0 Å². The van der Waals surface area contributed by atoms with Crippen LogP contribution < -0.4 is 0 Å². The van der Waals surface area contributed by atoms with E-state index in [2.05, 4.69) is 0 Å². The maximum atomic E-state index is 12.1. The summed E-state index contributed by atoms with van der Waals surface area (Å²) in [6.45, 7) is 0. The average molecular weight is 178 g/mol. The molecule has 0 atom stereocenters. The first-order chi connectivity index (χ1) is 6.20. The van der Waals surface area contributed by atoms with Crippen molar-refractivity contribution >= 4 is 11.6 Å². The number of Topliss-reactive ketones (excluding diaryl/α,β-unsaturated/α-hetero) is 2. The SMILES string of the molecule is O=C1CC2(CCC2)C(=O)C12CCC2. The number of carbonyl (C=O) groups is 2. The van der Waals surface area contributed by atoms with E-state index in [4.69, 9.17) is 0 Å². The second-order valence-corrected chi connectivity index (χ2v) is 5.00. The van der Waals surface area contributed by atoms with Crippen LogP contribution in [0.5, 0.6) is 0 Å². The second-order valence-electron chi connectivity index (χ2n) is 5.00. The molecule has 3 aliphatic rings. The number of hydrogen-bond donors (Lipinski definition) is 0. The lowest BCUT2D eigenvalue weighted by molar-refractivity contribution is -0.145. The van der Waals surface area contributed by atoms with Gasteiger partial charge in [0, 0.05) is 11.8 Å². The summed E-state index contributed by atoms with van der Waals surface area (Å²) < 4.78 is 0. The third-order valence-electron chi connectivity index (χ3n) is 4.47. The summed E-state index contributed by atoms with van der Waals surface area (Å²) in [5.74, 6) is 0.589. The fourth-order valence-corrected chi connectivity index (χ4v) is 3.23. The molecule has 0 heterocycles. The molecule has 0 N–H and O–H groups in total. The summed E-state index contributed by atoms with van der Waals surface area (Å²) in [4.78, 5) is 23.9. The van der Waals surface area contributed by atoms with Crippen LogP contribution in [-0.4, -0.2) is 11.6 Å². The van der Waals surface area contributed by atoms with Gasteiger partial charge in [-0.1, -0.05) is 12.8 Å². The van der Waals surface area contributed by atoms with Gasteiger partial charge in [0.25, 0.3) is 0 Å². The fraction of sp³-hybridized carbons (Fsp3) is 0.818. The van der Waals surface area contributed by atoms with Gasteiger partial charge in [-0.3, -0.25) is 9.59 Å². The number of hydrogen-bond acceptors (Lipinski definition) is 2. The zero-order chi connectivity index (χ0) is 9.10. The van der Waals surface area contributed by atoms with E-state index in [-0.39, 0.29) is 11.2 Å². The minimum atomic E-state index is -0.458. The molecule has 0 aromatic rings. The number of ketones is 2. The molecule has 0 aromatic carbocycles. The summed E-state index contributed by atoms with van der Waals surface area (Å²) >= 11 is 0. The van der Waals surface area contributed by atoms with Gasteiger partial charge >= 0.3 is 0 Å². The highest BCUT2D eigenvalue weighted by molar-refractivity contribution is 6.17. The van der Waals surface area contributed by atoms with E-state index in [1.165, 1.54) is 0 Å². The monoisotopic (exact) mass is 178 g/mol. The molecule has 3 saturated carbocycles. The molecule has 3 aliphatic carbocycles. The van der Waals surface area contributed by atoms with Crippen molar-refractivity contribution < 1.29 is 9.59 Å². The first kappa shape index (κ1) is 7.72. The first-order valence-electron chi connectivity index (χ1n) is 5.28. The van der Waals surface area contributed by atoms with E-state index in [0.29, 0.717) is 12.2 Å². The topological polar surface area (TPSA) is 34.1 Å². The maximum Gasteiger partial charge on any atom is 0.152 e. The molecule has 2 nitrogen and oxygen atoms in total. The molecule has 13 heavy (non-hydrogen) atoms. The molecule has 0 amide bonds. The first-order valence-corrected chi connectivity index (χ1v) is 5.28. The van der Waals surface area contributed by atoms with E-state index in [0.717, 1.165) is 38.5 Å². The number of rotatable bonds is 0. The van der Waals surface area contributed by atoms with Gasteiger partial charge in [-0.15, -0.1) is 0 Å². The summed E-state index contributed by atoms with van der Waals surface area (Å²) in [6, 6.07) is 0. The highest BCUT2D eigenvalue weighted by Gasteiger charge is 2.65. The predicted molar refractivity (Wildman–Crippen MR) is 47.2 cm³/mol. The predicted octanol–water partition coefficient (Wildman–Crippen LogP) is 1.87. The van der Waals surface area contributed by atoms with Crippen LogP contribution in [0, 0.1) is 10.8 Å². The molecule has 0 aliphatic heterocycles. The molecule has 0 aromatic heterocycles. The Hall–Kier alpha value is -0.660. The summed E-state index contributed by atoms with van der Waals surface area (Å²) in [5.41, 5.74) is -0.613. The van der Waals surface area contributed by atoms with Crippen molar-refractivity contribution in [2.45, 2.75) is 44.9 Å². The standard InChI is InChI=1S/C11H14O2/c12-8-7-10(3-1-4-10)9(13)11(8)5-2-6-11/h1-7H2. The van der Waals surface area contributed by atoms with E-state index in [9.17, 15) is 9.59 Å². The highest BCUT2D eigenvalue weighted by atomic mass is 16.2. The van der Waals surface area contributed by atoms with Crippen molar-refractivity contribution in [1.29, 1.82) is 0 Å². The lowest BCUT2D eigenvalue weighted by Gasteiger charge is -2.41. The molecule has 3 fully saturated rings. The van der Waals surface area contributed by atoms with E-state index in [1.54, 1.807) is 0 Å². The molecule has 0 bridgehead atoms. The second kappa shape index (κ2) is 2.05. The minimum Gasteiger partial charge on any atom is -0.299 e. The third kappa shape index (κ3) is 0.673. The van der Waals surface area contributed by atoms with Crippen LogP contribution in [0.1, 0.15) is 44.9 Å². The molecule has 70 valence electrons. The Morgan fingerprint density at radius 3 is 1.77 bits per heavy atom. The molecular weight excluding hydrogens is 164 g/mol. The van der Waals surface area contributed by atoms with Gasteiger partial charge in [0.15, 0.2) is 5.78 Å². The Labute approximate surface area is 77.7 Å². The summed E-state index contributed by atoms with van der Waals surface area (Å²) in [7, 11) is 0. The van der Waals surface area contributed by atoms with Crippen LogP contribution in [-0.2, 0) is 9.59 Å². The van der Waals surface area contributed by atoms with Gasteiger partial charge in [0.1, 0.15) is 5.78 Å². The molecule has 2 heteroatoms. The van der Waals surface area contributed by atoms with Crippen molar-refractivity contribution in [2.24, 2.45) is 10.8 Å². The van der Waals surface area contributed by atoms with Crippen molar-refractivity contribution in [3.8, 4) is 0 Å². The van der Waals surface area contributed by atoms with Crippen LogP contribution in [0.15, 0.2) is 0 Å². The smallest absolute Gasteiger partial charge is 0.152 e. The lowest BCUT2D eigenvalue weighted by Crippen LogP contribution is -2.45. The van der Waals surface area contributed by atoms with E-state index in [1.807, 2.05) is 0 Å². The Bertz CT molecular complexity index is 295. The largest absolute Gasteiger partial charge is 0.299 e. The third-order valence-corrected chi connectivity index (χ3v) is 4.47. The molecule has 3 rings (SSSR count). The zero-order valence-electron chi connectivity index (χ0n) is 7.77.